The fraction of sp³-hybridized carbons (Fsp3) is 0.600. The summed E-state index contributed by atoms with van der Waals surface area (Å²) in [5.41, 5.74) is 0. The molecular weight excluding hydrogens is 306 g/mol. The Labute approximate surface area is 123 Å². The summed E-state index contributed by atoms with van der Waals surface area (Å²) in [6, 6.07) is 9.21. The first-order valence-corrected chi connectivity index (χ1v) is 8.70. The summed E-state index contributed by atoms with van der Waals surface area (Å²) < 4.78 is 1.22. The molecule has 0 aromatic heterocycles. The Morgan fingerprint density at radius 1 is 1.39 bits per heavy atom. The van der Waals surface area contributed by atoms with Crippen molar-refractivity contribution in [3.63, 3.8) is 0 Å². The minimum absolute atomic E-state index is 0.691. The van der Waals surface area contributed by atoms with Crippen LogP contribution in [0.25, 0.3) is 0 Å². The van der Waals surface area contributed by atoms with Crippen LogP contribution in [0.1, 0.15) is 32.6 Å². The van der Waals surface area contributed by atoms with Crippen molar-refractivity contribution in [3.8, 4) is 0 Å². The average Bonchev–Trinajstić information content (AvgIpc) is 2.32. The Kier molecular flexibility index (Phi) is 6.06. The molecule has 2 rings (SSSR count). The molecule has 0 radical (unpaired) electrons. The largest absolute Gasteiger partial charge is 0.313 e. The van der Waals surface area contributed by atoms with Crippen LogP contribution in [0, 0.1) is 5.92 Å². The van der Waals surface area contributed by atoms with Crippen molar-refractivity contribution in [1.29, 1.82) is 0 Å². The number of hydrogen-bond acceptors (Lipinski definition) is 2. The van der Waals surface area contributed by atoms with Gasteiger partial charge in [0, 0.05) is 21.2 Å². The van der Waals surface area contributed by atoms with Gasteiger partial charge in [0.25, 0.3) is 0 Å². The first-order chi connectivity index (χ1) is 8.81. The van der Waals surface area contributed by atoms with E-state index in [1.165, 1.54) is 40.8 Å². The van der Waals surface area contributed by atoms with Gasteiger partial charge in [-0.25, -0.2) is 0 Å². The summed E-state index contributed by atoms with van der Waals surface area (Å²) in [4.78, 5) is 1.36. The third kappa shape index (κ3) is 4.01. The lowest BCUT2D eigenvalue weighted by molar-refractivity contribution is 0.244. The van der Waals surface area contributed by atoms with Crippen LogP contribution in [0.2, 0.25) is 0 Å². The van der Waals surface area contributed by atoms with Gasteiger partial charge >= 0.3 is 0 Å². The maximum absolute atomic E-state index is 3.72. The smallest absolute Gasteiger partial charge is 0.0311 e. The fourth-order valence-electron chi connectivity index (χ4n) is 2.27. The zero-order chi connectivity index (χ0) is 12.8. The molecule has 1 aliphatic rings. The summed E-state index contributed by atoms with van der Waals surface area (Å²) in [5.74, 6) is 2.10. The van der Waals surface area contributed by atoms with Crippen molar-refractivity contribution in [2.75, 3.05) is 12.3 Å². The van der Waals surface area contributed by atoms with Crippen molar-refractivity contribution in [2.24, 2.45) is 5.92 Å². The van der Waals surface area contributed by atoms with Gasteiger partial charge in [-0.1, -0.05) is 25.5 Å². The first kappa shape index (κ1) is 14.4. The lowest BCUT2D eigenvalue weighted by Crippen LogP contribution is -2.41. The number of hydrogen-bond donors (Lipinski definition) is 1. The zero-order valence-electron chi connectivity index (χ0n) is 11.0. The zero-order valence-corrected chi connectivity index (χ0v) is 13.4. The Bertz CT molecular complexity index is 365. The topological polar surface area (TPSA) is 12.0 Å². The van der Waals surface area contributed by atoms with Gasteiger partial charge in [0.15, 0.2) is 0 Å². The molecule has 100 valence electrons. The van der Waals surface area contributed by atoms with E-state index in [1.807, 2.05) is 11.8 Å². The van der Waals surface area contributed by atoms with E-state index in [0.717, 1.165) is 12.5 Å². The molecule has 1 fully saturated rings. The lowest BCUT2D eigenvalue weighted by Gasteiger charge is -2.34. The van der Waals surface area contributed by atoms with Gasteiger partial charge in [-0.3, -0.25) is 0 Å². The van der Waals surface area contributed by atoms with E-state index >= 15 is 0 Å². The van der Waals surface area contributed by atoms with Gasteiger partial charge in [-0.15, -0.1) is 11.8 Å². The van der Waals surface area contributed by atoms with Crippen LogP contribution in [-0.2, 0) is 0 Å². The Hall–Kier alpha value is 0.01000. The second-order valence-corrected chi connectivity index (χ2v) is 6.91. The van der Waals surface area contributed by atoms with Gasteiger partial charge in [0.2, 0.25) is 0 Å². The van der Waals surface area contributed by atoms with Crippen LogP contribution >= 0.6 is 27.7 Å². The molecule has 1 saturated carbocycles. The molecule has 18 heavy (non-hydrogen) atoms. The highest BCUT2D eigenvalue weighted by Crippen LogP contribution is 2.34. The molecule has 0 heterocycles. The average molecular weight is 328 g/mol. The maximum Gasteiger partial charge on any atom is 0.0311 e. The summed E-state index contributed by atoms with van der Waals surface area (Å²) >= 11 is 5.60. The summed E-state index contributed by atoms with van der Waals surface area (Å²) in [5, 5.41) is 3.72. The molecule has 0 amide bonds. The van der Waals surface area contributed by atoms with Crippen LogP contribution in [-0.4, -0.2) is 18.3 Å². The van der Waals surface area contributed by atoms with Crippen molar-refractivity contribution in [1.82, 2.24) is 5.32 Å². The Morgan fingerprint density at radius 3 is 2.78 bits per heavy atom. The fourth-order valence-corrected chi connectivity index (χ4v) is 4.03. The molecule has 1 unspecified atom stereocenters. The minimum Gasteiger partial charge on any atom is -0.313 e. The SMILES string of the molecule is CCCNC(CSc1ccccc1Br)C1CCC1. The lowest BCUT2D eigenvalue weighted by atomic mass is 9.80. The maximum atomic E-state index is 3.72. The van der Waals surface area contributed by atoms with E-state index in [-0.39, 0.29) is 0 Å². The molecule has 3 heteroatoms. The van der Waals surface area contributed by atoms with Crippen molar-refractivity contribution in [3.05, 3.63) is 28.7 Å². The number of thioether (sulfide) groups is 1. The van der Waals surface area contributed by atoms with Gasteiger partial charge in [0.1, 0.15) is 0 Å². The molecular formula is C15H22BrNS. The molecule has 0 aliphatic heterocycles. The van der Waals surface area contributed by atoms with Gasteiger partial charge in [0.05, 0.1) is 0 Å². The highest BCUT2D eigenvalue weighted by molar-refractivity contribution is 9.10. The predicted molar refractivity (Wildman–Crippen MR) is 84.3 cm³/mol. The van der Waals surface area contributed by atoms with E-state index in [0.29, 0.717) is 6.04 Å². The Morgan fingerprint density at radius 2 is 2.17 bits per heavy atom. The van der Waals surface area contributed by atoms with Crippen molar-refractivity contribution in [2.45, 2.75) is 43.5 Å². The third-order valence-electron chi connectivity index (χ3n) is 3.63. The van der Waals surface area contributed by atoms with Crippen molar-refractivity contribution >= 4 is 27.7 Å². The second kappa shape index (κ2) is 7.56. The summed E-state index contributed by atoms with van der Waals surface area (Å²) in [7, 11) is 0. The van der Waals surface area contributed by atoms with E-state index in [9.17, 15) is 0 Å². The highest BCUT2D eigenvalue weighted by atomic mass is 79.9. The van der Waals surface area contributed by atoms with Gasteiger partial charge < -0.3 is 5.32 Å². The van der Waals surface area contributed by atoms with E-state index in [4.69, 9.17) is 0 Å². The normalized spacial score (nSPS) is 17.4. The number of halogens is 1. The molecule has 1 N–H and O–H groups in total. The molecule has 1 atom stereocenters. The molecule has 1 aromatic rings. The summed E-state index contributed by atoms with van der Waals surface area (Å²) in [6.45, 7) is 3.39. The molecule has 0 bridgehead atoms. The number of benzene rings is 1. The van der Waals surface area contributed by atoms with Crippen LogP contribution in [0.5, 0.6) is 0 Å². The van der Waals surface area contributed by atoms with Crippen LogP contribution in [0.15, 0.2) is 33.6 Å². The van der Waals surface area contributed by atoms with E-state index in [1.54, 1.807) is 0 Å². The van der Waals surface area contributed by atoms with Gasteiger partial charge in [-0.2, -0.15) is 0 Å². The number of nitrogens with one attached hydrogen (secondary N) is 1. The molecule has 1 nitrogen and oxygen atoms in total. The molecule has 1 aliphatic carbocycles. The van der Waals surface area contributed by atoms with Gasteiger partial charge in [-0.05, 0) is 59.8 Å². The Balaban J connectivity index is 1.86. The van der Waals surface area contributed by atoms with Crippen LogP contribution in [0.4, 0.5) is 0 Å². The van der Waals surface area contributed by atoms with E-state index in [2.05, 4.69) is 52.4 Å². The molecule has 0 saturated heterocycles. The second-order valence-electron chi connectivity index (χ2n) is 4.99. The standard InChI is InChI=1S/C15H22BrNS/c1-2-10-17-14(12-6-5-7-12)11-18-15-9-4-3-8-13(15)16/h3-4,8-9,12,14,17H,2,5-7,10-11H2,1H3. The molecule has 0 spiro atoms. The minimum atomic E-state index is 0.691. The third-order valence-corrected chi connectivity index (χ3v) is 5.78. The van der Waals surface area contributed by atoms with Crippen molar-refractivity contribution < 1.29 is 0 Å². The number of rotatable bonds is 7. The molecule has 1 aromatic carbocycles. The van der Waals surface area contributed by atoms with Crippen LogP contribution in [0.3, 0.4) is 0 Å². The monoisotopic (exact) mass is 327 g/mol. The van der Waals surface area contributed by atoms with E-state index < -0.39 is 0 Å². The summed E-state index contributed by atoms with van der Waals surface area (Å²) in [6.07, 6.45) is 5.48. The van der Waals surface area contributed by atoms with Crippen LogP contribution < -0.4 is 5.32 Å². The predicted octanol–water partition coefficient (Wildman–Crippen LogP) is 4.71. The quantitative estimate of drug-likeness (QED) is 0.728. The first-order valence-electron chi connectivity index (χ1n) is 6.92. The highest BCUT2D eigenvalue weighted by Gasteiger charge is 2.26.